The van der Waals surface area contributed by atoms with Gasteiger partial charge in [-0.1, -0.05) is 22.0 Å². The van der Waals surface area contributed by atoms with Crippen molar-refractivity contribution in [3.8, 4) is 0 Å². The normalized spacial score (nSPS) is 23.4. The molecule has 1 aromatic rings. The summed E-state index contributed by atoms with van der Waals surface area (Å²) in [4.78, 5) is 12.1. The summed E-state index contributed by atoms with van der Waals surface area (Å²) in [6.45, 7) is 3.26. The van der Waals surface area contributed by atoms with Crippen LogP contribution in [0.1, 0.15) is 24.8 Å². The largest absolute Gasteiger partial charge is 0.347 e. The van der Waals surface area contributed by atoms with Crippen LogP contribution in [0.3, 0.4) is 0 Å². The molecule has 1 atom stereocenters. The molecule has 2 fully saturated rings. The third-order valence-electron chi connectivity index (χ3n) is 4.03. The molecule has 1 heterocycles. The molecule has 1 aliphatic carbocycles. The lowest BCUT2D eigenvalue weighted by Gasteiger charge is -2.21. The molecule has 1 aliphatic heterocycles. The van der Waals surface area contributed by atoms with Crippen LogP contribution in [-0.4, -0.2) is 31.1 Å². The topological polar surface area (TPSA) is 59.6 Å². The lowest BCUT2D eigenvalue weighted by atomic mass is 10.2. The smallest absolute Gasteiger partial charge is 0.319 e. The zero-order chi connectivity index (χ0) is 14.9. The summed E-state index contributed by atoms with van der Waals surface area (Å²) >= 11 is 3.41. The second kappa shape index (κ2) is 5.94. The Morgan fingerprint density at radius 3 is 2.90 bits per heavy atom. The minimum atomic E-state index is -0.455. The Kier molecular flexibility index (Phi) is 4.19. The van der Waals surface area contributed by atoms with Crippen LogP contribution >= 0.6 is 15.9 Å². The van der Waals surface area contributed by atoms with Crippen LogP contribution in [0.2, 0.25) is 0 Å². The number of amides is 2. The van der Waals surface area contributed by atoms with Crippen LogP contribution in [0.5, 0.6) is 0 Å². The number of carbonyl (C=O) groups is 1. The quantitative estimate of drug-likeness (QED) is 0.857. The lowest BCUT2D eigenvalue weighted by molar-refractivity contribution is -0.151. The van der Waals surface area contributed by atoms with Crippen LogP contribution in [0.15, 0.2) is 22.7 Å². The Balaban J connectivity index is 1.56. The average Bonchev–Trinajstić information content (AvgIpc) is 3.05. The van der Waals surface area contributed by atoms with E-state index in [1.54, 1.807) is 0 Å². The van der Waals surface area contributed by atoms with Gasteiger partial charge in [0, 0.05) is 29.0 Å². The molecule has 1 aromatic carbocycles. The number of halogens is 1. The number of ether oxygens (including phenoxy) is 2. The molecule has 0 radical (unpaired) electrons. The van der Waals surface area contributed by atoms with Gasteiger partial charge in [0.15, 0.2) is 5.79 Å². The van der Waals surface area contributed by atoms with E-state index < -0.39 is 5.79 Å². The molecule has 2 amide bonds. The number of rotatable bonds is 2. The number of nitrogens with one attached hydrogen (secondary N) is 2. The summed E-state index contributed by atoms with van der Waals surface area (Å²) in [6, 6.07) is 5.72. The second-order valence-electron chi connectivity index (χ2n) is 5.61. The van der Waals surface area contributed by atoms with E-state index in [1.165, 1.54) is 0 Å². The molecular formula is C15H19BrN2O3. The third-order valence-corrected chi connectivity index (χ3v) is 4.52. The average molecular weight is 355 g/mol. The van der Waals surface area contributed by atoms with Gasteiger partial charge in [0.1, 0.15) is 0 Å². The molecular weight excluding hydrogens is 336 g/mol. The summed E-state index contributed by atoms with van der Waals surface area (Å²) in [7, 11) is 0. The second-order valence-corrected chi connectivity index (χ2v) is 6.52. The van der Waals surface area contributed by atoms with Gasteiger partial charge >= 0.3 is 6.03 Å². The molecule has 114 valence electrons. The Bertz CT molecular complexity index is 544. The van der Waals surface area contributed by atoms with Gasteiger partial charge in [0.25, 0.3) is 0 Å². The first-order valence-electron chi connectivity index (χ1n) is 7.18. The fourth-order valence-electron chi connectivity index (χ4n) is 2.93. The summed E-state index contributed by atoms with van der Waals surface area (Å²) in [5.41, 5.74) is 1.83. The van der Waals surface area contributed by atoms with Crippen molar-refractivity contribution in [2.75, 3.05) is 18.5 Å². The standard InChI is InChI=1S/C15H19BrN2O3/c1-10-2-3-11(16)8-13(10)18-14(19)17-12-4-5-15(9-12)20-6-7-21-15/h2-3,8,12H,4-7,9H2,1H3,(H2,17,18,19). The highest BCUT2D eigenvalue weighted by atomic mass is 79.9. The van der Waals surface area contributed by atoms with Crippen LogP contribution in [0, 0.1) is 6.92 Å². The molecule has 21 heavy (non-hydrogen) atoms. The predicted octanol–water partition coefficient (Wildman–Crippen LogP) is 3.17. The number of carbonyl (C=O) groups excluding carboxylic acids is 1. The van der Waals surface area contributed by atoms with E-state index in [0.717, 1.165) is 35.0 Å². The molecule has 1 unspecified atom stereocenters. The SMILES string of the molecule is Cc1ccc(Br)cc1NC(=O)NC1CCC2(C1)OCCO2. The van der Waals surface area contributed by atoms with Gasteiger partial charge in [-0.15, -0.1) is 0 Å². The highest BCUT2D eigenvalue weighted by Crippen LogP contribution is 2.37. The maximum atomic E-state index is 12.1. The zero-order valence-corrected chi connectivity index (χ0v) is 13.5. The van der Waals surface area contributed by atoms with Gasteiger partial charge in [-0.2, -0.15) is 0 Å². The minimum Gasteiger partial charge on any atom is -0.347 e. The van der Waals surface area contributed by atoms with E-state index in [1.807, 2.05) is 25.1 Å². The van der Waals surface area contributed by atoms with Crippen molar-refractivity contribution in [1.29, 1.82) is 0 Å². The van der Waals surface area contributed by atoms with E-state index in [4.69, 9.17) is 9.47 Å². The first-order valence-corrected chi connectivity index (χ1v) is 7.97. The highest BCUT2D eigenvalue weighted by molar-refractivity contribution is 9.10. The Morgan fingerprint density at radius 2 is 2.14 bits per heavy atom. The molecule has 3 rings (SSSR count). The van der Waals surface area contributed by atoms with E-state index in [2.05, 4.69) is 26.6 Å². The number of urea groups is 1. The number of aryl methyl sites for hydroxylation is 1. The number of hydrogen-bond donors (Lipinski definition) is 2. The minimum absolute atomic E-state index is 0.0931. The van der Waals surface area contributed by atoms with Gasteiger partial charge < -0.3 is 20.1 Å². The van der Waals surface area contributed by atoms with Gasteiger partial charge in [0.2, 0.25) is 0 Å². The van der Waals surface area contributed by atoms with Crippen molar-refractivity contribution in [1.82, 2.24) is 5.32 Å². The first-order chi connectivity index (χ1) is 10.1. The summed E-state index contributed by atoms with van der Waals surface area (Å²) in [6.07, 6.45) is 2.44. The van der Waals surface area contributed by atoms with Crippen LogP contribution in [-0.2, 0) is 9.47 Å². The Labute approximate surface area is 132 Å². The fraction of sp³-hybridized carbons (Fsp3) is 0.533. The van der Waals surface area contributed by atoms with E-state index >= 15 is 0 Å². The number of anilines is 1. The molecule has 2 aliphatic rings. The maximum absolute atomic E-state index is 12.1. The summed E-state index contributed by atoms with van der Waals surface area (Å²) in [5.74, 6) is -0.455. The van der Waals surface area contributed by atoms with Crippen LogP contribution in [0.25, 0.3) is 0 Å². The monoisotopic (exact) mass is 354 g/mol. The van der Waals surface area contributed by atoms with Crippen molar-refractivity contribution >= 4 is 27.6 Å². The van der Waals surface area contributed by atoms with Gasteiger partial charge in [-0.05, 0) is 31.0 Å². The molecule has 6 heteroatoms. The predicted molar refractivity (Wildman–Crippen MR) is 83.3 cm³/mol. The summed E-state index contributed by atoms with van der Waals surface area (Å²) < 4.78 is 12.3. The van der Waals surface area contributed by atoms with Crippen molar-refractivity contribution in [2.45, 2.75) is 38.0 Å². The van der Waals surface area contributed by atoms with E-state index in [-0.39, 0.29) is 12.1 Å². The lowest BCUT2D eigenvalue weighted by Crippen LogP contribution is -2.38. The van der Waals surface area contributed by atoms with Crippen molar-refractivity contribution in [3.63, 3.8) is 0 Å². The van der Waals surface area contributed by atoms with Gasteiger partial charge in [-0.25, -0.2) is 4.79 Å². The van der Waals surface area contributed by atoms with Crippen LogP contribution in [0.4, 0.5) is 10.5 Å². The van der Waals surface area contributed by atoms with Crippen molar-refractivity contribution < 1.29 is 14.3 Å². The van der Waals surface area contributed by atoms with E-state index in [0.29, 0.717) is 13.2 Å². The third kappa shape index (κ3) is 3.39. The van der Waals surface area contributed by atoms with E-state index in [9.17, 15) is 4.79 Å². The molecule has 1 spiro atoms. The molecule has 0 bridgehead atoms. The summed E-state index contributed by atoms with van der Waals surface area (Å²) in [5, 5.41) is 5.90. The van der Waals surface area contributed by atoms with Gasteiger partial charge in [0.05, 0.1) is 13.2 Å². The number of benzene rings is 1. The molecule has 1 saturated carbocycles. The first kappa shape index (κ1) is 14.8. The van der Waals surface area contributed by atoms with Crippen molar-refractivity contribution in [3.05, 3.63) is 28.2 Å². The molecule has 0 aromatic heterocycles. The van der Waals surface area contributed by atoms with Crippen LogP contribution < -0.4 is 10.6 Å². The molecule has 2 N–H and O–H groups in total. The highest BCUT2D eigenvalue weighted by Gasteiger charge is 2.44. The molecule has 5 nitrogen and oxygen atoms in total. The Morgan fingerprint density at radius 1 is 1.38 bits per heavy atom. The van der Waals surface area contributed by atoms with Crippen molar-refractivity contribution in [2.24, 2.45) is 0 Å². The molecule has 1 saturated heterocycles. The maximum Gasteiger partial charge on any atom is 0.319 e. The Hall–Kier alpha value is -1.11. The van der Waals surface area contributed by atoms with Gasteiger partial charge in [-0.3, -0.25) is 0 Å². The fourth-order valence-corrected chi connectivity index (χ4v) is 3.29. The number of hydrogen-bond acceptors (Lipinski definition) is 3. The zero-order valence-electron chi connectivity index (χ0n) is 11.9.